The van der Waals surface area contributed by atoms with Gasteiger partial charge < -0.3 is 20.3 Å². The van der Waals surface area contributed by atoms with Crippen LogP contribution in [-0.2, 0) is 4.74 Å². The first-order valence-electron chi connectivity index (χ1n) is 6.21. The molecule has 0 bridgehead atoms. The van der Waals surface area contributed by atoms with Gasteiger partial charge in [-0.05, 0) is 25.1 Å². The zero-order valence-corrected chi connectivity index (χ0v) is 12.3. The lowest BCUT2D eigenvalue weighted by molar-refractivity contribution is 0.0828. The van der Waals surface area contributed by atoms with Gasteiger partial charge in [0.15, 0.2) is 0 Å². The van der Waals surface area contributed by atoms with Gasteiger partial charge in [0.05, 0.1) is 17.9 Å². The minimum atomic E-state index is -0.0357. The van der Waals surface area contributed by atoms with Crippen LogP contribution in [0.5, 0.6) is 0 Å². The summed E-state index contributed by atoms with van der Waals surface area (Å²) in [6.45, 7) is 2.62. The lowest BCUT2D eigenvalue weighted by atomic mass is 10.1. The number of benzene rings is 1. The summed E-state index contributed by atoms with van der Waals surface area (Å²) >= 11 is 0. The zero-order chi connectivity index (χ0) is 14.6. The summed E-state index contributed by atoms with van der Waals surface area (Å²) in [7, 11) is 7.07. The molecule has 5 heteroatoms. The number of methoxy groups -OCH3 is 1. The van der Waals surface area contributed by atoms with Crippen LogP contribution in [0.3, 0.4) is 0 Å². The molecule has 0 aromatic heterocycles. The number of nitrogens with two attached hydrogens (primary N) is 1. The Morgan fingerprint density at radius 3 is 2.53 bits per heavy atom. The third kappa shape index (κ3) is 3.61. The molecule has 0 fully saturated rings. The number of ether oxygens (including phenoxy) is 1. The van der Waals surface area contributed by atoms with Crippen molar-refractivity contribution in [1.82, 2.24) is 4.90 Å². The molecule has 1 aromatic carbocycles. The van der Waals surface area contributed by atoms with Crippen LogP contribution in [0.25, 0.3) is 0 Å². The molecule has 1 amide bonds. The average molecular weight is 265 g/mol. The predicted octanol–water partition coefficient (Wildman–Crippen LogP) is 1.44. The van der Waals surface area contributed by atoms with E-state index in [4.69, 9.17) is 10.5 Å². The number of nitrogens with zero attached hydrogens (tertiary/aromatic N) is 2. The van der Waals surface area contributed by atoms with Crippen molar-refractivity contribution in [3.05, 3.63) is 23.8 Å². The molecule has 1 rings (SSSR count). The van der Waals surface area contributed by atoms with Gasteiger partial charge in [0, 0.05) is 40.0 Å². The van der Waals surface area contributed by atoms with Gasteiger partial charge in [-0.2, -0.15) is 0 Å². The molecule has 0 aliphatic carbocycles. The smallest absolute Gasteiger partial charge is 0.255 e. The Labute approximate surface area is 114 Å². The second-order valence-electron chi connectivity index (χ2n) is 4.89. The minimum absolute atomic E-state index is 0.0357. The van der Waals surface area contributed by atoms with E-state index in [0.717, 1.165) is 5.69 Å². The van der Waals surface area contributed by atoms with Crippen LogP contribution in [0.1, 0.15) is 17.3 Å². The molecule has 0 heterocycles. The molecular formula is C14H23N3O2. The molecule has 1 unspecified atom stereocenters. The van der Waals surface area contributed by atoms with E-state index in [2.05, 4.69) is 0 Å². The molecule has 1 aromatic rings. The lowest BCUT2D eigenvalue weighted by Crippen LogP contribution is -2.34. The SMILES string of the molecule is COCC(C)N(C)c1cc(N)ccc1C(=O)N(C)C. The number of hydrogen-bond donors (Lipinski definition) is 1. The third-order valence-corrected chi connectivity index (χ3v) is 3.11. The predicted molar refractivity (Wildman–Crippen MR) is 78.6 cm³/mol. The summed E-state index contributed by atoms with van der Waals surface area (Å²) in [4.78, 5) is 15.8. The van der Waals surface area contributed by atoms with Gasteiger partial charge in [-0.1, -0.05) is 0 Å². The van der Waals surface area contributed by atoms with Crippen LogP contribution < -0.4 is 10.6 Å². The maximum atomic E-state index is 12.2. The molecule has 0 aliphatic heterocycles. The van der Waals surface area contributed by atoms with E-state index in [-0.39, 0.29) is 11.9 Å². The number of nitrogen functional groups attached to an aromatic ring is 1. The topological polar surface area (TPSA) is 58.8 Å². The average Bonchev–Trinajstić information content (AvgIpc) is 2.37. The van der Waals surface area contributed by atoms with Crippen molar-refractivity contribution in [2.24, 2.45) is 0 Å². The van der Waals surface area contributed by atoms with Crippen LogP contribution in [0.15, 0.2) is 18.2 Å². The normalized spacial score (nSPS) is 12.1. The molecule has 2 N–H and O–H groups in total. The lowest BCUT2D eigenvalue weighted by Gasteiger charge is -2.29. The summed E-state index contributed by atoms with van der Waals surface area (Å²) in [6.07, 6.45) is 0. The van der Waals surface area contributed by atoms with Crippen LogP contribution in [-0.4, -0.2) is 51.7 Å². The molecular weight excluding hydrogens is 242 g/mol. The molecule has 5 nitrogen and oxygen atoms in total. The van der Waals surface area contributed by atoms with Gasteiger partial charge in [-0.25, -0.2) is 0 Å². The fourth-order valence-corrected chi connectivity index (χ4v) is 1.85. The fraction of sp³-hybridized carbons (Fsp3) is 0.500. The van der Waals surface area contributed by atoms with Crippen molar-refractivity contribution in [1.29, 1.82) is 0 Å². The molecule has 1 atom stereocenters. The Balaban J connectivity index is 3.17. The van der Waals surface area contributed by atoms with Crippen molar-refractivity contribution >= 4 is 17.3 Å². The molecule has 0 radical (unpaired) electrons. The number of hydrogen-bond acceptors (Lipinski definition) is 4. The second kappa shape index (κ2) is 6.43. The third-order valence-electron chi connectivity index (χ3n) is 3.11. The summed E-state index contributed by atoms with van der Waals surface area (Å²) in [5, 5.41) is 0. The molecule has 0 saturated carbocycles. The van der Waals surface area contributed by atoms with Gasteiger partial charge in [0.2, 0.25) is 0 Å². The molecule has 0 spiro atoms. The number of carbonyl (C=O) groups excluding carboxylic acids is 1. The number of rotatable bonds is 5. The van der Waals surface area contributed by atoms with Crippen molar-refractivity contribution in [2.75, 3.05) is 45.5 Å². The molecule has 106 valence electrons. The maximum absolute atomic E-state index is 12.2. The summed E-state index contributed by atoms with van der Waals surface area (Å²) in [5.74, 6) is -0.0357. The number of amides is 1. The van der Waals surface area contributed by atoms with Crippen LogP contribution in [0.2, 0.25) is 0 Å². The van der Waals surface area contributed by atoms with Crippen molar-refractivity contribution in [3.8, 4) is 0 Å². The van der Waals surface area contributed by atoms with E-state index in [1.807, 2.05) is 24.9 Å². The Kier molecular flexibility index (Phi) is 5.18. The van der Waals surface area contributed by atoms with Crippen molar-refractivity contribution in [2.45, 2.75) is 13.0 Å². The van der Waals surface area contributed by atoms with Crippen molar-refractivity contribution < 1.29 is 9.53 Å². The van der Waals surface area contributed by atoms with Crippen molar-refractivity contribution in [3.63, 3.8) is 0 Å². The minimum Gasteiger partial charge on any atom is -0.399 e. The van der Waals surface area contributed by atoms with E-state index in [1.54, 1.807) is 38.2 Å². The van der Waals surface area contributed by atoms with E-state index in [1.165, 1.54) is 0 Å². The Bertz CT molecular complexity index is 446. The highest BCUT2D eigenvalue weighted by Gasteiger charge is 2.19. The van der Waals surface area contributed by atoms with E-state index in [0.29, 0.717) is 17.9 Å². The summed E-state index contributed by atoms with van der Waals surface area (Å²) in [6, 6.07) is 5.49. The Morgan fingerprint density at radius 1 is 1.37 bits per heavy atom. The van der Waals surface area contributed by atoms with Crippen LogP contribution in [0.4, 0.5) is 11.4 Å². The first-order chi connectivity index (χ1) is 8.88. The van der Waals surface area contributed by atoms with Crippen LogP contribution >= 0.6 is 0 Å². The second-order valence-corrected chi connectivity index (χ2v) is 4.89. The number of anilines is 2. The molecule has 0 aliphatic rings. The van der Waals surface area contributed by atoms with Gasteiger partial charge in [0.1, 0.15) is 0 Å². The quantitative estimate of drug-likeness (QED) is 0.818. The maximum Gasteiger partial charge on any atom is 0.255 e. The molecule has 19 heavy (non-hydrogen) atoms. The first kappa shape index (κ1) is 15.3. The van der Waals surface area contributed by atoms with Gasteiger partial charge in [-0.15, -0.1) is 0 Å². The number of carbonyl (C=O) groups is 1. The monoisotopic (exact) mass is 265 g/mol. The highest BCUT2D eigenvalue weighted by Crippen LogP contribution is 2.25. The largest absolute Gasteiger partial charge is 0.399 e. The number of likely N-dealkylation sites (N-methyl/N-ethyl adjacent to an activating group) is 1. The summed E-state index contributed by atoms with van der Waals surface area (Å²) < 4.78 is 5.16. The van der Waals surface area contributed by atoms with Crippen LogP contribution in [0, 0.1) is 0 Å². The van der Waals surface area contributed by atoms with E-state index < -0.39 is 0 Å². The van der Waals surface area contributed by atoms with E-state index >= 15 is 0 Å². The zero-order valence-electron chi connectivity index (χ0n) is 12.3. The fourth-order valence-electron chi connectivity index (χ4n) is 1.85. The Morgan fingerprint density at radius 2 is 2.00 bits per heavy atom. The standard InChI is InChI=1S/C14H23N3O2/c1-10(9-19-5)17(4)13-8-11(15)6-7-12(13)14(18)16(2)3/h6-8,10H,9,15H2,1-5H3. The Hall–Kier alpha value is -1.75. The molecule has 0 saturated heterocycles. The van der Waals surface area contributed by atoms with Gasteiger partial charge in [0.25, 0.3) is 5.91 Å². The first-order valence-corrected chi connectivity index (χ1v) is 6.21. The highest BCUT2D eigenvalue weighted by atomic mass is 16.5. The van der Waals surface area contributed by atoms with Gasteiger partial charge >= 0.3 is 0 Å². The van der Waals surface area contributed by atoms with E-state index in [9.17, 15) is 4.79 Å². The highest BCUT2D eigenvalue weighted by molar-refractivity contribution is 6.00. The van der Waals surface area contributed by atoms with Gasteiger partial charge in [-0.3, -0.25) is 4.79 Å². The summed E-state index contributed by atoms with van der Waals surface area (Å²) in [5.41, 5.74) is 7.94.